The van der Waals surface area contributed by atoms with Crippen molar-refractivity contribution >= 4 is 11.5 Å². The number of benzene rings is 1. The van der Waals surface area contributed by atoms with E-state index in [-0.39, 0.29) is 11.2 Å². The van der Waals surface area contributed by atoms with Crippen molar-refractivity contribution in [3.8, 4) is 11.8 Å². The highest BCUT2D eigenvalue weighted by Gasteiger charge is 2.31. The zero-order valence-corrected chi connectivity index (χ0v) is 15.9. The van der Waals surface area contributed by atoms with Crippen molar-refractivity contribution in [2.45, 2.75) is 26.7 Å². The molecule has 1 aromatic heterocycles. The van der Waals surface area contributed by atoms with Gasteiger partial charge in [-0.3, -0.25) is 4.79 Å². The van der Waals surface area contributed by atoms with Gasteiger partial charge in [-0.2, -0.15) is 0 Å². The number of Topliss-reactive ketones (excluding diaryl/α,β-unsaturated/α-hetero) is 1. The van der Waals surface area contributed by atoms with Gasteiger partial charge in [0.15, 0.2) is 5.78 Å². The van der Waals surface area contributed by atoms with Gasteiger partial charge in [0.05, 0.1) is 18.9 Å². The van der Waals surface area contributed by atoms with Gasteiger partial charge < -0.3 is 9.64 Å². The fraction of sp³-hybridized carbons (Fsp3) is 0.391. The molecule has 0 bridgehead atoms. The van der Waals surface area contributed by atoms with Crippen LogP contribution in [0.2, 0.25) is 0 Å². The van der Waals surface area contributed by atoms with Gasteiger partial charge in [0.25, 0.3) is 0 Å². The molecule has 4 rings (SSSR count). The average molecular weight is 360 g/mol. The molecule has 2 aromatic rings. The fourth-order valence-electron chi connectivity index (χ4n) is 3.74. The van der Waals surface area contributed by atoms with Gasteiger partial charge in [-0.15, -0.1) is 0 Å². The van der Waals surface area contributed by atoms with Crippen molar-refractivity contribution < 1.29 is 9.53 Å². The molecule has 138 valence electrons. The second kappa shape index (κ2) is 7.17. The van der Waals surface area contributed by atoms with Crippen LogP contribution in [0.5, 0.6) is 0 Å². The molecule has 0 saturated carbocycles. The standard InChI is InChI=1S/C23H24N2O2/c1-23(2)15-21-20(22(26)16-23)9-8-18(24-21)7-6-17-4-3-5-19(14-17)25-10-12-27-13-11-25/h3-5,8-9,14H,10-13,15-16H2,1-2H3. The van der Waals surface area contributed by atoms with Crippen LogP contribution in [0.1, 0.15) is 47.6 Å². The minimum Gasteiger partial charge on any atom is -0.378 e. The van der Waals surface area contributed by atoms with E-state index in [0.717, 1.165) is 55.2 Å². The van der Waals surface area contributed by atoms with E-state index in [4.69, 9.17) is 4.74 Å². The van der Waals surface area contributed by atoms with Crippen LogP contribution in [0.15, 0.2) is 36.4 Å². The molecular formula is C23H24N2O2. The molecule has 0 atom stereocenters. The van der Waals surface area contributed by atoms with Gasteiger partial charge in [-0.05, 0) is 48.1 Å². The highest BCUT2D eigenvalue weighted by atomic mass is 16.5. The highest BCUT2D eigenvalue weighted by Crippen LogP contribution is 2.33. The largest absolute Gasteiger partial charge is 0.378 e. The van der Waals surface area contributed by atoms with E-state index in [1.807, 2.05) is 24.3 Å². The zero-order valence-electron chi connectivity index (χ0n) is 15.9. The Bertz CT molecular complexity index is 931. The van der Waals surface area contributed by atoms with E-state index in [2.05, 4.69) is 47.7 Å². The number of ketones is 1. The van der Waals surface area contributed by atoms with Crippen molar-refractivity contribution in [1.29, 1.82) is 0 Å². The number of hydrogen-bond acceptors (Lipinski definition) is 4. The number of carbonyl (C=O) groups excluding carboxylic acids is 1. The van der Waals surface area contributed by atoms with Crippen LogP contribution in [0.25, 0.3) is 0 Å². The molecule has 4 nitrogen and oxygen atoms in total. The Morgan fingerprint density at radius 3 is 2.70 bits per heavy atom. The molecule has 1 fully saturated rings. The van der Waals surface area contributed by atoms with Crippen molar-refractivity contribution in [2.75, 3.05) is 31.2 Å². The maximum absolute atomic E-state index is 12.3. The summed E-state index contributed by atoms with van der Waals surface area (Å²) in [5.41, 5.74) is 4.47. The Balaban J connectivity index is 1.57. The summed E-state index contributed by atoms with van der Waals surface area (Å²) in [5.74, 6) is 6.58. The predicted octanol–water partition coefficient (Wildman–Crippen LogP) is 3.47. The maximum Gasteiger partial charge on any atom is 0.165 e. The van der Waals surface area contributed by atoms with E-state index in [1.54, 1.807) is 0 Å². The summed E-state index contributed by atoms with van der Waals surface area (Å²) in [4.78, 5) is 19.3. The number of carbonyl (C=O) groups is 1. The van der Waals surface area contributed by atoms with Crippen molar-refractivity contribution in [3.63, 3.8) is 0 Å². The summed E-state index contributed by atoms with van der Waals surface area (Å²) in [6, 6.07) is 12.0. The van der Waals surface area contributed by atoms with Crippen LogP contribution in [-0.4, -0.2) is 37.1 Å². The summed E-state index contributed by atoms with van der Waals surface area (Å²) in [6.07, 6.45) is 1.40. The van der Waals surface area contributed by atoms with Gasteiger partial charge in [-0.1, -0.05) is 25.8 Å². The number of hydrogen-bond donors (Lipinski definition) is 0. The van der Waals surface area contributed by atoms with Gasteiger partial charge in [0, 0.05) is 36.3 Å². The zero-order chi connectivity index (χ0) is 18.9. The third-order valence-electron chi connectivity index (χ3n) is 5.12. The minimum absolute atomic E-state index is 0.0321. The lowest BCUT2D eigenvalue weighted by Crippen LogP contribution is -2.36. The van der Waals surface area contributed by atoms with E-state index in [0.29, 0.717) is 6.42 Å². The summed E-state index contributed by atoms with van der Waals surface area (Å²) in [7, 11) is 0. The van der Waals surface area contributed by atoms with Gasteiger partial charge in [0.2, 0.25) is 0 Å². The molecule has 0 radical (unpaired) electrons. The first-order valence-corrected chi connectivity index (χ1v) is 9.48. The Labute approximate surface area is 160 Å². The number of ether oxygens (including phenoxy) is 1. The highest BCUT2D eigenvalue weighted by molar-refractivity contribution is 5.98. The normalized spacial score (nSPS) is 18.4. The van der Waals surface area contributed by atoms with E-state index < -0.39 is 0 Å². The molecule has 2 heterocycles. The van der Waals surface area contributed by atoms with Crippen molar-refractivity contribution in [2.24, 2.45) is 5.41 Å². The molecular weight excluding hydrogens is 336 g/mol. The second-order valence-electron chi connectivity index (χ2n) is 8.03. The predicted molar refractivity (Wildman–Crippen MR) is 106 cm³/mol. The molecule has 1 saturated heterocycles. The van der Waals surface area contributed by atoms with Gasteiger partial charge >= 0.3 is 0 Å². The Hall–Kier alpha value is -2.64. The van der Waals surface area contributed by atoms with Crippen molar-refractivity contribution in [3.05, 3.63) is 58.9 Å². The molecule has 0 N–H and O–H groups in total. The fourth-order valence-corrected chi connectivity index (χ4v) is 3.74. The minimum atomic E-state index is -0.0321. The Kier molecular flexibility index (Phi) is 4.72. The van der Waals surface area contributed by atoms with E-state index in [1.165, 1.54) is 5.69 Å². The lowest BCUT2D eigenvalue weighted by Gasteiger charge is -2.29. The van der Waals surface area contributed by atoms with E-state index >= 15 is 0 Å². The first kappa shape index (κ1) is 17.8. The lowest BCUT2D eigenvalue weighted by atomic mass is 9.75. The summed E-state index contributed by atoms with van der Waals surface area (Å²) in [6.45, 7) is 7.59. The van der Waals surface area contributed by atoms with Crippen LogP contribution in [0.3, 0.4) is 0 Å². The van der Waals surface area contributed by atoms with Crippen LogP contribution in [0.4, 0.5) is 5.69 Å². The molecule has 2 aliphatic rings. The average Bonchev–Trinajstić information content (AvgIpc) is 2.66. The molecule has 0 spiro atoms. The molecule has 4 heteroatoms. The SMILES string of the molecule is CC1(C)CC(=O)c2ccc(C#Cc3cccc(N4CCOCC4)c3)nc2C1. The number of fused-ring (bicyclic) bond motifs is 1. The van der Waals surface area contributed by atoms with Gasteiger partial charge in [0.1, 0.15) is 5.69 Å². The third-order valence-corrected chi connectivity index (χ3v) is 5.12. The van der Waals surface area contributed by atoms with E-state index in [9.17, 15) is 4.79 Å². The van der Waals surface area contributed by atoms with Crippen LogP contribution >= 0.6 is 0 Å². The number of pyridine rings is 1. The quantitative estimate of drug-likeness (QED) is 0.731. The number of nitrogens with zero attached hydrogens (tertiary/aromatic N) is 2. The molecule has 1 aromatic carbocycles. The van der Waals surface area contributed by atoms with Crippen LogP contribution < -0.4 is 4.90 Å². The first-order chi connectivity index (χ1) is 13.0. The Morgan fingerprint density at radius 1 is 1.07 bits per heavy atom. The summed E-state index contributed by atoms with van der Waals surface area (Å²) >= 11 is 0. The number of morpholine rings is 1. The third kappa shape index (κ3) is 4.04. The van der Waals surface area contributed by atoms with Crippen LogP contribution in [-0.2, 0) is 11.2 Å². The number of aromatic nitrogens is 1. The van der Waals surface area contributed by atoms with Crippen molar-refractivity contribution in [1.82, 2.24) is 4.98 Å². The smallest absolute Gasteiger partial charge is 0.165 e. The Morgan fingerprint density at radius 2 is 1.89 bits per heavy atom. The van der Waals surface area contributed by atoms with Gasteiger partial charge in [-0.25, -0.2) is 4.98 Å². The second-order valence-corrected chi connectivity index (χ2v) is 8.03. The molecule has 0 unspecified atom stereocenters. The summed E-state index contributed by atoms with van der Waals surface area (Å²) < 4.78 is 5.42. The van der Waals surface area contributed by atoms with Crippen LogP contribution in [0, 0.1) is 17.3 Å². The first-order valence-electron chi connectivity index (χ1n) is 9.48. The molecule has 27 heavy (non-hydrogen) atoms. The number of anilines is 1. The monoisotopic (exact) mass is 360 g/mol. The molecule has 1 aliphatic carbocycles. The lowest BCUT2D eigenvalue weighted by molar-refractivity contribution is 0.0910. The number of rotatable bonds is 1. The molecule has 0 amide bonds. The molecule has 1 aliphatic heterocycles. The topological polar surface area (TPSA) is 42.4 Å². The summed E-state index contributed by atoms with van der Waals surface area (Å²) in [5, 5.41) is 0. The maximum atomic E-state index is 12.3.